The van der Waals surface area contributed by atoms with Gasteiger partial charge in [0.2, 0.25) is 0 Å². The minimum absolute atomic E-state index is 0.0147. The van der Waals surface area contributed by atoms with Gasteiger partial charge in [-0.05, 0) is 6.42 Å². The summed E-state index contributed by atoms with van der Waals surface area (Å²) in [4.78, 5) is 26.5. The van der Waals surface area contributed by atoms with Crippen LogP contribution in [0.15, 0.2) is 0 Å². The van der Waals surface area contributed by atoms with Gasteiger partial charge in [0.25, 0.3) is 0 Å². The summed E-state index contributed by atoms with van der Waals surface area (Å²) in [5, 5.41) is 9.39. The van der Waals surface area contributed by atoms with Gasteiger partial charge in [-0.2, -0.15) is 11.8 Å². The summed E-state index contributed by atoms with van der Waals surface area (Å²) < 4.78 is 0. The Morgan fingerprint density at radius 1 is 1.24 bits per heavy atom. The van der Waals surface area contributed by atoms with Gasteiger partial charge in [-0.15, -0.1) is 0 Å². The van der Waals surface area contributed by atoms with Crippen LogP contribution in [0.25, 0.3) is 0 Å². The first-order valence-corrected chi connectivity index (χ1v) is 7.01. The molecule has 0 aromatic carbocycles. The highest BCUT2D eigenvalue weighted by molar-refractivity contribution is 7.99. The average Bonchev–Trinajstić information content (AvgIpc) is 2.77. The Hall–Kier alpha value is -0.910. The molecule has 0 saturated carbocycles. The number of nitrogens with zero attached hydrogens (tertiary/aromatic N) is 2. The molecule has 2 heterocycles. The van der Waals surface area contributed by atoms with Crippen LogP contribution in [-0.2, 0) is 4.79 Å². The van der Waals surface area contributed by atoms with Crippen LogP contribution in [0.1, 0.15) is 13.3 Å². The van der Waals surface area contributed by atoms with Crippen LogP contribution in [0.3, 0.4) is 0 Å². The van der Waals surface area contributed by atoms with Crippen molar-refractivity contribution >= 4 is 23.8 Å². The van der Waals surface area contributed by atoms with E-state index >= 15 is 0 Å². The molecular weight excluding hydrogens is 240 g/mol. The highest BCUT2D eigenvalue weighted by Crippen LogP contribution is 2.22. The minimum Gasteiger partial charge on any atom is -0.481 e. The van der Waals surface area contributed by atoms with E-state index in [0.717, 1.165) is 18.8 Å². The summed E-state index contributed by atoms with van der Waals surface area (Å²) in [6.07, 6.45) is 0.583. The Morgan fingerprint density at radius 2 is 1.94 bits per heavy atom. The van der Waals surface area contributed by atoms with E-state index in [4.69, 9.17) is 5.11 Å². The van der Waals surface area contributed by atoms with Gasteiger partial charge in [0.1, 0.15) is 0 Å². The van der Waals surface area contributed by atoms with Crippen LogP contribution in [-0.4, -0.2) is 64.1 Å². The van der Waals surface area contributed by atoms with Crippen LogP contribution in [0.2, 0.25) is 0 Å². The second kappa shape index (κ2) is 5.16. The fraction of sp³-hybridized carbons (Fsp3) is 0.818. The Kier molecular flexibility index (Phi) is 3.81. The zero-order valence-corrected chi connectivity index (χ0v) is 10.8. The van der Waals surface area contributed by atoms with Crippen LogP contribution in [0, 0.1) is 5.92 Å². The molecule has 0 bridgehead atoms. The quantitative estimate of drug-likeness (QED) is 0.760. The van der Waals surface area contributed by atoms with Crippen molar-refractivity contribution in [3.05, 3.63) is 0 Å². The maximum Gasteiger partial charge on any atom is 0.320 e. The normalized spacial score (nSPS) is 29.5. The first kappa shape index (κ1) is 12.5. The lowest BCUT2D eigenvalue weighted by Crippen LogP contribution is -2.47. The van der Waals surface area contributed by atoms with Crippen molar-refractivity contribution in [2.24, 2.45) is 5.92 Å². The molecular formula is C11H18N2O3S. The van der Waals surface area contributed by atoms with Crippen molar-refractivity contribution < 1.29 is 14.7 Å². The summed E-state index contributed by atoms with van der Waals surface area (Å²) in [5.74, 6) is -0.193. The summed E-state index contributed by atoms with van der Waals surface area (Å²) in [7, 11) is 0. The number of urea groups is 1. The third kappa shape index (κ3) is 2.86. The molecule has 6 heteroatoms. The number of aliphatic carboxylic acids is 1. The maximum atomic E-state index is 12.2. The number of amides is 2. The molecule has 2 unspecified atom stereocenters. The van der Waals surface area contributed by atoms with E-state index in [-0.39, 0.29) is 11.9 Å². The van der Waals surface area contributed by atoms with Crippen molar-refractivity contribution in [3.8, 4) is 0 Å². The van der Waals surface area contributed by atoms with E-state index in [0.29, 0.717) is 24.8 Å². The molecule has 1 N–H and O–H groups in total. The van der Waals surface area contributed by atoms with Gasteiger partial charge in [0, 0.05) is 37.2 Å². The first-order chi connectivity index (χ1) is 8.08. The van der Waals surface area contributed by atoms with E-state index in [2.05, 4.69) is 6.92 Å². The Balaban J connectivity index is 1.90. The molecule has 0 aliphatic carbocycles. The molecule has 2 fully saturated rings. The van der Waals surface area contributed by atoms with E-state index in [1.807, 2.05) is 16.7 Å². The number of hydrogen-bond donors (Lipinski definition) is 1. The predicted molar refractivity (Wildman–Crippen MR) is 66.2 cm³/mol. The van der Waals surface area contributed by atoms with Gasteiger partial charge in [0.05, 0.1) is 5.92 Å². The number of rotatable bonds is 1. The molecule has 2 rings (SSSR count). The lowest BCUT2D eigenvalue weighted by atomic mass is 10.1. The third-order valence-corrected chi connectivity index (χ3v) is 4.46. The zero-order valence-electron chi connectivity index (χ0n) is 9.96. The number of carbonyl (C=O) groups is 2. The number of hydrogen-bond acceptors (Lipinski definition) is 3. The zero-order chi connectivity index (χ0) is 12.4. The molecule has 2 aliphatic rings. The Labute approximate surface area is 105 Å². The summed E-state index contributed by atoms with van der Waals surface area (Å²) >= 11 is 1.88. The lowest BCUT2D eigenvalue weighted by molar-refractivity contribution is -0.141. The topological polar surface area (TPSA) is 60.9 Å². The van der Waals surface area contributed by atoms with Crippen LogP contribution in [0.4, 0.5) is 4.79 Å². The van der Waals surface area contributed by atoms with Crippen molar-refractivity contribution in [3.63, 3.8) is 0 Å². The number of carbonyl (C=O) groups excluding carboxylic acids is 1. The van der Waals surface area contributed by atoms with Crippen LogP contribution >= 0.6 is 11.8 Å². The Morgan fingerprint density at radius 3 is 2.53 bits per heavy atom. The highest BCUT2D eigenvalue weighted by atomic mass is 32.2. The average molecular weight is 258 g/mol. The lowest BCUT2D eigenvalue weighted by Gasteiger charge is -2.33. The fourth-order valence-electron chi connectivity index (χ4n) is 2.33. The standard InChI is InChI=1S/C11H18N2O3S/c1-8-6-13(4-5-17-8)11(16)12-3-2-9(7-12)10(14)15/h8-9H,2-7H2,1H3,(H,14,15). The summed E-state index contributed by atoms with van der Waals surface area (Å²) in [6, 6.07) is 0.0147. The minimum atomic E-state index is -0.789. The first-order valence-electron chi connectivity index (χ1n) is 5.96. The monoisotopic (exact) mass is 258 g/mol. The molecule has 2 aliphatic heterocycles. The van der Waals surface area contributed by atoms with Gasteiger partial charge < -0.3 is 14.9 Å². The van der Waals surface area contributed by atoms with Crippen LogP contribution in [0.5, 0.6) is 0 Å². The van der Waals surface area contributed by atoms with Crippen LogP contribution < -0.4 is 0 Å². The molecule has 0 spiro atoms. The SMILES string of the molecule is CC1CN(C(=O)N2CCC(C(=O)O)C2)CCS1. The predicted octanol–water partition coefficient (Wildman–Crippen LogP) is 0.950. The number of carboxylic acid groups (broad SMARTS) is 1. The van der Waals surface area contributed by atoms with Gasteiger partial charge in [0.15, 0.2) is 0 Å². The molecule has 2 saturated heterocycles. The smallest absolute Gasteiger partial charge is 0.320 e. The molecule has 2 amide bonds. The number of thioether (sulfide) groups is 1. The van der Waals surface area contributed by atoms with E-state index in [9.17, 15) is 9.59 Å². The van der Waals surface area contributed by atoms with Gasteiger partial charge in [-0.1, -0.05) is 6.92 Å². The van der Waals surface area contributed by atoms with Gasteiger partial charge in [-0.25, -0.2) is 4.79 Å². The molecule has 0 aromatic rings. The van der Waals surface area contributed by atoms with Crippen molar-refractivity contribution in [1.82, 2.24) is 9.80 Å². The van der Waals surface area contributed by atoms with Gasteiger partial charge in [-0.3, -0.25) is 4.79 Å². The molecule has 17 heavy (non-hydrogen) atoms. The molecule has 0 radical (unpaired) electrons. The third-order valence-electron chi connectivity index (χ3n) is 3.32. The second-order valence-corrected chi connectivity index (χ2v) is 6.23. The second-order valence-electron chi connectivity index (χ2n) is 4.68. The van der Waals surface area contributed by atoms with E-state index < -0.39 is 5.97 Å². The van der Waals surface area contributed by atoms with Gasteiger partial charge >= 0.3 is 12.0 Å². The van der Waals surface area contributed by atoms with Crippen molar-refractivity contribution in [2.45, 2.75) is 18.6 Å². The molecule has 96 valence electrons. The summed E-state index contributed by atoms with van der Waals surface area (Å²) in [5.41, 5.74) is 0. The van der Waals surface area contributed by atoms with E-state index in [1.165, 1.54) is 0 Å². The largest absolute Gasteiger partial charge is 0.481 e. The molecule has 0 aromatic heterocycles. The maximum absolute atomic E-state index is 12.2. The number of carboxylic acids is 1. The molecule has 2 atom stereocenters. The summed E-state index contributed by atoms with van der Waals surface area (Å²) in [6.45, 7) is 4.62. The fourth-order valence-corrected chi connectivity index (χ4v) is 3.34. The Bertz CT molecular complexity index is 324. The van der Waals surface area contributed by atoms with Crippen molar-refractivity contribution in [1.29, 1.82) is 0 Å². The van der Waals surface area contributed by atoms with E-state index in [1.54, 1.807) is 4.90 Å². The highest BCUT2D eigenvalue weighted by Gasteiger charge is 2.34. The van der Waals surface area contributed by atoms with Crippen molar-refractivity contribution in [2.75, 3.05) is 31.9 Å². The molecule has 5 nitrogen and oxygen atoms in total. The number of likely N-dealkylation sites (tertiary alicyclic amines) is 1.